The Kier molecular flexibility index (Phi) is 3.13. The van der Waals surface area contributed by atoms with E-state index in [1.54, 1.807) is 11.3 Å². The van der Waals surface area contributed by atoms with Gasteiger partial charge in [-0.05, 0) is 47.3 Å². The van der Waals surface area contributed by atoms with Crippen LogP contribution in [0.25, 0.3) is 10.2 Å². The summed E-state index contributed by atoms with van der Waals surface area (Å²) in [6.07, 6.45) is 2.97. The second-order valence-corrected chi connectivity index (χ2v) is 6.21. The lowest BCUT2D eigenvalue weighted by atomic mass is 9.97. The number of fused-ring (bicyclic) bond motifs is 2. The van der Waals surface area contributed by atoms with E-state index in [2.05, 4.69) is 46.0 Å². The molecule has 1 aromatic carbocycles. The third kappa shape index (κ3) is 2.20. The van der Waals surface area contributed by atoms with Gasteiger partial charge in [0.05, 0.1) is 22.9 Å². The zero-order valence-electron chi connectivity index (χ0n) is 11.8. The van der Waals surface area contributed by atoms with Gasteiger partial charge in [0, 0.05) is 12.6 Å². The number of hydrogen-bond donors (Lipinski definition) is 1. The van der Waals surface area contributed by atoms with Gasteiger partial charge in [-0.25, -0.2) is 0 Å². The lowest BCUT2D eigenvalue weighted by molar-refractivity contribution is 0.357. The predicted molar refractivity (Wildman–Crippen MR) is 86.2 cm³/mol. The van der Waals surface area contributed by atoms with Gasteiger partial charge in [0.15, 0.2) is 0 Å². The number of hydrogen-bond acceptors (Lipinski definition) is 4. The molecule has 1 N–H and O–H groups in total. The molecule has 106 valence electrons. The highest BCUT2D eigenvalue weighted by atomic mass is 32.1. The summed E-state index contributed by atoms with van der Waals surface area (Å²) in [6, 6.07) is 10.9. The Balaban J connectivity index is 1.76. The minimum Gasteiger partial charge on any atom is -0.493 e. The van der Waals surface area contributed by atoms with Gasteiger partial charge >= 0.3 is 0 Å². The van der Waals surface area contributed by atoms with Gasteiger partial charge in [0.2, 0.25) is 0 Å². The van der Waals surface area contributed by atoms with Crippen molar-refractivity contribution in [1.82, 2.24) is 10.3 Å². The van der Waals surface area contributed by atoms with Crippen molar-refractivity contribution in [1.29, 1.82) is 0 Å². The molecule has 21 heavy (non-hydrogen) atoms. The molecule has 2 aromatic heterocycles. The number of benzene rings is 1. The summed E-state index contributed by atoms with van der Waals surface area (Å²) < 4.78 is 6.82. The summed E-state index contributed by atoms with van der Waals surface area (Å²) in [7, 11) is 1.99. The van der Waals surface area contributed by atoms with Gasteiger partial charge < -0.3 is 10.1 Å². The summed E-state index contributed by atoms with van der Waals surface area (Å²) in [5.41, 5.74) is 4.84. The van der Waals surface area contributed by atoms with Crippen molar-refractivity contribution in [2.45, 2.75) is 12.5 Å². The van der Waals surface area contributed by atoms with E-state index < -0.39 is 0 Å². The van der Waals surface area contributed by atoms with Crippen LogP contribution in [0.1, 0.15) is 22.7 Å². The van der Waals surface area contributed by atoms with Gasteiger partial charge in [-0.15, -0.1) is 11.3 Å². The van der Waals surface area contributed by atoms with E-state index in [0.717, 1.165) is 24.3 Å². The van der Waals surface area contributed by atoms with Gasteiger partial charge in [0.25, 0.3) is 0 Å². The molecule has 3 heterocycles. The smallest absolute Gasteiger partial charge is 0.122 e. The highest BCUT2D eigenvalue weighted by Crippen LogP contribution is 2.31. The molecular formula is C17H16N2OS. The number of aromatic nitrogens is 1. The highest BCUT2D eigenvalue weighted by Gasteiger charge is 2.18. The molecule has 0 amide bonds. The molecule has 0 fully saturated rings. The van der Waals surface area contributed by atoms with Crippen molar-refractivity contribution in [2.75, 3.05) is 13.7 Å². The van der Waals surface area contributed by atoms with Gasteiger partial charge in [-0.3, -0.25) is 4.98 Å². The molecule has 1 aliphatic heterocycles. The molecule has 0 radical (unpaired) electrons. The third-order valence-corrected chi connectivity index (χ3v) is 4.85. The molecule has 0 aliphatic carbocycles. The average Bonchev–Trinajstić information content (AvgIpc) is 3.15. The van der Waals surface area contributed by atoms with Crippen LogP contribution in [0.5, 0.6) is 5.75 Å². The summed E-state index contributed by atoms with van der Waals surface area (Å²) in [5.74, 6) is 1.03. The Bertz CT molecular complexity index is 796. The number of ether oxygens (including phenoxy) is 1. The molecular weight excluding hydrogens is 280 g/mol. The van der Waals surface area contributed by atoms with Crippen LogP contribution in [-0.4, -0.2) is 18.6 Å². The summed E-state index contributed by atoms with van der Waals surface area (Å²) in [6.45, 7) is 0.797. The molecule has 1 atom stereocenters. The minimum absolute atomic E-state index is 0.162. The second kappa shape index (κ2) is 5.13. The van der Waals surface area contributed by atoms with Crippen LogP contribution < -0.4 is 10.1 Å². The van der Waals surface area contributed by atoms with Gasteiger partial charge in [-0.1, -0.05) is 12.1 Å². The standard InChI is InChI=1S/C17H16N2OS/c1-18-17(12-2-3-15-11(8-12)4-6-20-15)13-9-16-14(19-10-13)5-7-21-16/h2-3,5,7-10,17-18H,4,6H2,1H3. The van der Waals surface area contributed by atoms with Gasteiger partial charge in [0.1, 0.15) is 5.75 Å². The van der Waals surface area contributed by atoms with Crippen molar-refractivity contribution in [3.8, 4) is 5.75 Å². The van der Waals surface area contributed by atoms with Crippen LogP contribution in [0.3, 0.4) is 0 Å². The largest absolute Gasteiger partial charge is 0.493 e. The molecule has 0 saturated heterocycles. The van der Waals surface area contributed by atoms with Crippen molar-refractivity contribution in [3.05, 3.63) is 58.6 Å². The molecule has 1 unspecified atom stereocenters. The van der Waals surface area contributed by atoms with E-state index in [9.17, 15) is 0 Å². The van der Waals surface area contributed by atoms with E-state index in [1.807, 2.05) is 13.2 Å². The number of thiophene rings is 1. The fourth-order valence-electron chi connectivity index (χ4n) is 2.93. The molecule has 3 aromatic rings. The summed E-state index contributed by atoms with van der Waals surface area (Å²) in [5, 5.41) is 5.49. The average molecular weight is 296 g/mol. The van der Waals surface area contributed by atoms with Crippen LogP contribution in [0.2, 0.25) is 0 Å². The molecule has 0 bridgehead atoms. The highest BCUT2D eigenvalue weighted by molar-refractivity contribution is 7.17. The first kappa shape index (κ1) is 12.8. The van der Waals surface area contributed by atoms with Gasteiger partial charge in [-0.2, -0.15) is 0 Å². The van der Waals surface area contributed by atoms with E-state index in [0.29, 0.717) is 0 Å². The minimum atomic E-state index is 0.162. The summed E-state index contributed by atoms with van der Waals surface area (Å²) >= 11 is 1.73. The van der Waals surface area contributed by atoms with E-state index in [-0.39, 0.29) is 6.04 Å². The molecule has 0 spiro atoms. The first-order chi connectivity index (χ1) is 10.3. The zero-order valence-corrected chi connectivity index (χ0v) is 12.6. The van der Waals surface area contributed by atoms with Crippen molar-refractivity contribution >= 4 is 21.6 Å². The van der Waals surface area contributed by atoms with Crippen LogP contribution in [0, 0.1) is 0 Å². The Morgan fingerprint density at radius 1 is 1.24 bits per heavy atom. The first-order valence-electron chi connectivity index (χ1n) is 7.11. The molecule has 0 saturated carbocycles. The first-order valence-corrected chi connectivity index (χ1v) is 7.99. The Morgan fingerprint density at radius 2 is 2.19 bits per heavy atom. The number of pyridine rings is 1. The Labute approximate surface area is 127 Å². The van der Waals surface area contributed by atoms with Crippen LogP contribution >= 0.6 is 11.3 Å². The summed E-state index contributed by atoms with van der Waals surface area (Å²) in [4.78, 5) is 4.55. The quantitative estimate of drug-likeness (QED) is 0.802. The zero-order chi connectivity index (χ0) is 14.2. The molecule has 4 rings (SSSR count). The fraction of sp³-hybridized carbons (Fsp3) is 0.235. The van der Waals surface area contributed by atoms with Crippen molar-refractivity contribution in [2.24, 2.45) is 0 Å². The number of nitrogens with zero attached hydrogens (tertiary/aromatic N) is 1. The predicted octanol–water partition coefficient (Wildman–Crippen LogP) is 3.54. The third-order valence-electron chi connectivity index (χ3n) is 3.99. The van der Waals surface area contributed by atoms with Crippen LogP contribution in [0.4, 0.5) is 0 Å². The Hall–Kier alpha value is -1.91. The van der Waals surface area contributed by atoms with Crippen molar-refractivity contribution < 1.29 is 4.74 Å². The van der Waals surface area contributed by atoms with E-state index in [4.69, 9.17) is 4.74 Å². The second-order valence-electron chi connectivity index (χ2n) is 5.26. The molecule has 4 heteroatoms. The normalized spacial score (nSPS) is 14.9. The van der Waals surface area contributed by atoms with E-state index in [1.165, 1.54) is 21.4 Å². The molecule has 1 aliphatic rings. The van der Waals surface area contributed by atoms with E-state index >= 15 is 0 Å². The fourth-order valence-corrected chi connectivity index (χ4v) is 3.72. The topological polar surface area (TPSA) is 34.1 Å². The number of rotatable bonds is 3. The lowest BCUT2D eigenvalue weighted by Gasteiger charge is -2.17. The maximum Gasteiger partial charge on any atom is 0.122 e. The SMILES string of the molecule is CNC(c1ccc2c(c1)CCO2)c1cnc2ccsc2c1. The van der Waals surface area contributed by atoms with Crippen LogP contribution in [0.15, 0.2) is 41.9 Å². The maximum absolute atomic E-state index is 5.59. The molecule has 3 nitrogen and oxygen atoms in total. The lowest BCUT2D eigenvalue weighted by Crippen LogP contribution is -2.17. The number of nitrogens with one attached hydrogen (secondary N) is 1. The van der Waals surface area contributed by atoms with Crippen molar-refractivity contribution in [3.63, 3.8) is 0 Å². The monoisotopic (exact) mass is 296 g/mol. The maximum atomic E-state index is 5.59. The Morgan fingerprint density at radius 3 is 3.10 bits per heavy atom. The van der Waals surface area contributed by atoms with Crippen LogP contribution in [-0.2, 0) is 6.42 Å².